The van der Waals surface area contributed by atoms with E-state index in [4.69, 9.17) is 16.6 Å². The van der Waals surface area contributed by atoms with Gasteiger partial charge in [0.05, 0.1) is 23.4 Å². The number of thiocarbonyl (C=S) groups is 1. The second kappa shape index (κ2) is 8.26. The Balaban J connectivity index is 1.45. The van der Waals surface area contributed by atoms with Crippen LogP contribution in [0.2, 0.25) is 0 Å². The number of anilines is 2. The van der Waals surface area contributed by atoms with Crippen LogP contribution in [0.15, 0.2) is 76.2 Å². The quantitative estimate of drug-likeness (QED) is 0.602. The molecule has 2 aromatic carbocycles. The van der Waals surface area contributed by atoms with E-state index in [1.807, 2.05) is 36.4 Å². The summed E-state index contributed by atoms with van der Waals surface area (Å²) >= 11 is 5.27. The largest absolute Gasteiger partial charge is 0.467 e. The summed E-state index contributed by atoms with van der Waals surface area (Å²) in [5, 5.41) is 6.52. The summed E-state index contributed by atoms with van der Waals surface area (Å²) in [7, 11) is -3.62. The fraction of sp³-hybridized carbons (Fsp3) is 0.190. The average molecular weight is 428 g/mol. The SMILES string of the molecule is O=S(=O)(c1ccc(NC(=S)NCc2ccco2)cc1)N1CCCc2ccccc21. The third-order valence-electron chi connectivity index (χ3n) is 4.77. The molecule has 0 bridgehead atoms. The first-order valence-corrected chi connectivity index (χ1v) is 11.2. The van der Waals surface area contributed by atoms with Crippen LogP contribution in [0.3, 0.4) is 0 Å². The fourth-order valence-corrected chi connectivity index (χ4v) is 5.07. The monoisotopic (exact) mass is 427 g/mol. The molecule has 2 N–H and O–H groups in total. The molecule has 150 valence electrons. The second-order valence-corrected chi connectivity index (χ2v) is 8.99. The van der Waals surface area contributed by atoms with Crippen molar-refractivity contribution in [2.24, 2.45) is 0 Å². The van der Waals surface area contributed by atoms with Gasteiger partial charge in [0, 0.05) is 12.2 Å². The van der Waals surface area contributed by atoms with Crippen molar-refractivity contribution in [2.45, 2.75) is 24.3 Å². The van der Waals surface area contributed by atoms with E-state index in [-0.39, 0.29) is 4.90 Å². The number of sulfonamides is 1. The van der Waals surface area contributed by atoms with Gasteiger partial charge in [-0.3, -0.25) is 4.31 Å². The Hall–Kier alpha value is -2.84. The van der Waals surface area contributed by atoms with Crippen LogP contribution in [0.25, 0.3) is 0 Å². The maximum Gasteiger partial charge on any atom is 0.264 e. The molecule has 6 nitrogen and oxygen atoms in total. The van der Waals surface area contributed by atoms with Crippen molar-refractivity contribution in [3.05, 3.63) is 78.3 Å². The topological polar surface area (TPSA) is 74.6 Å². The van der Waals surface area contributed by atoms with Crippen molar-refractivity contribution in [1.29, 1.82) is 0 Å². The van der Waals surface area contributed by atoms with E-state index in [1.54, 1.807) is 30.5 Å². The molecule has 0 aliphatic carbocycles. The normalized spacial score (nSPS) is 13.6. The van der Waals surface area contributed by atoms with Gasteiger partial charge in [-0.05, 0) is 73.1 Å². The summed E-state index contributed by atoms with van der Waals surface area (Å²) in [6, 6.07) is 18.0. The summed E-state index contributed by atoms with van der Waals surface area (Å²) in [5.74, 6) is 0.775. The summed E-state index contributed by atoms with van der Waals surface area (Å²) < 4.78 is 33.1. The minimum absolute atomic E-state index is 0.259. The van der Waals surface area contributed by atoms with Crippen molar-refractivity contribution in [3.63, 3.8) is 0 Å². The molecule has 1 aliphatic rings. The molecule has 0 spiro atoms. The second-order valence-electron chi connectivity index (χ2n) is 6.72. The minimum Gasteiger partial charge on any atom is -0.467 e. The molecular formula is C21H21N3O3S2. The van der Waals surface area contributed by atoms with E-state index >= 15 is 0 Å². The molecule has 0 saturated carbocycles. The Morgan fingerprint density at radius 1 is 1.07 bits per heavy atom. The Morgan fingerprint density at radius 3 is 2.62 bits per heavy atom. The number of rotatable bonds is 5. The van der Waals surface area contributed by atoms with Crippen molar-refractivity contribution >= 4 is 38.7 Å². The molecular weight excluding hydrogens is 406 g/mol. The Labute approximate surface area is 175 Å². The first-order valence-electron chi connectivity index (χ1n) is 9.32. The van der Waals surface area contributed by atoms with Gasteiger partial charge in [-0.25, -0.2) is 8.42 Å². The van der Waals surface area contributed by atoms with Crippen molar-refractivity contribution in [3.8, 4) is 0 Å². The number of fused-ring (bicyclic) bond motifs is 1. The standard InChI is InChI=1S/C21H21N3O3S2/c25-29(26,24-13-3-6-16-5-1-2-8-20(16)24)19-11-9-17(10-12-19)23-21(28)22-15-18-7-4-14-27-18/h1-2,4-5,7-12,14H,3,6,13,15H2,(H2,22,23,28). The molecule has 0 unspecified atom stereocenters. The van der Waals surface area contributed by atoms with Gasteiger partial charge in [0.15, 0.2) is 5.11 Å². The number of hydrogen-bond acceptors (Lipinski definition) is 4. The van der Waals surface area contributed by atoms with Crippen LogP contribution >= 0.6 is 12.2 Å². The predicted molar refractivity (Wildman–Crippen MR) is 118 cm³/mol. The zero-order valence-electron chi connectivity index (χ0n) is 15.7. The fourth-order valence-electron chi connectivity index (χ4n) is 3.34. The summed E-state index contributed by atoms with van der Waals surface area (Å²) in [4.78, 5) is 0.259. The highest BCUT2D eigenvalue weighted by atomic mass is 32.2. The average Bonchev–Trinajstić information content (AvgIpc) is 3.26. The third kappa shape index (κ3) is 4.28. The van der Waals surface area contributed by atoms with Crippen LogP contribution in [0.4, 0.5) is 11.4 Å². The highest BCUT2D eigenvalue weighted by molar-refractivity contribution is 7.92. The smallest absolute Gasteiger partial charge is 0.264 e. The van der Waals surface area contributed by atoms with E-state index in [0.717, 1.165) is 29.9 Å². The maximum absolute atomic E-state index is 13.2. The molecule has 4 rings (SSSR count). The first kappa shape index (κ1) is 19.5. The summed E-state index contributed by atoms with van der Waals surface area (Å²) in [5.41, 5.74) is 2.54. The highest BCUT2D eigenvalue weighted by Gasteiger charge is 2.28. The van der Waals surface area contributed by atoms with Crippen molar-refractivity contribution < 1.29 is 12.8 Å². The van der Waals surface area contributed by atoms with Crippen molar-refractivity contribution in [1.82, 2.24) is 5.32 Å². The molecule has 3 aromatic rings. The van der Waals surface area contributed by atoms with Gasteiger partial charge in [0.25, 0.3) is 10.0 Å². The van der Waals surface area contributed by atoms with E-state index in [9.17, 15) is 8.42 Å². The number of benzene rings is 2. The molecule has 0 amide bonds. The molecule has 0 saturated heterocycles. The van der Waals surface area contributed by atoms with Crippen LogP contribution in [-0.2, 0) is 23.0 Å². The van der Waals surface area contributed by atoms with E-state index in [1.165, 1.54) is 4.31 Å². The number of nitrogens with zero attached hydrogens (tertiary/aromatic N) is 1. The van der Waals surface area contributed by atoms with Gasteiger partial charge >= 0.3 is 0 Å². The van der Waals surface area contributed by atoms with Crippen LogP contribution in [0.1, 0.15) is 17.7 Å². The van der Waals surface area contributed by atoms with Crippen LogP contribution < -0.4 is 14.9 Å². The molecule has 29 heavy (non-hydrogen) atoms. The summed E-state index contributed by atoms with van der Waals surface area (Å²) in [6.07, 6.45) is 3.31. The van der Waals surface area contributed by atoms with Gasteiger partial charge in [-0.1, -0.05) is 18.2 Å². The Morgan fingerprint density at radius 2 is 1.86 bits per heavy atom. The lowest BCUT2D eigenvalue weighted by Crippen LogP contribution is -2.35. The lowest BCUT2D eigenvalue weighted by atomic mass is 10.0. The van der Waals surface area contributed by atoms with Gasteiger partial charge in [0.1, 0.15) is 5.76 Å². The van der Waals surface area contributed by atoms with Crippen LogP contribution in [0.5, 0.6) is 0 Å². The lowest BCUT2D eigenvalue weighted by Gasteiger charge is -2.30. The number of hydrogen-bond donors (Lipinski definition) is 2. The zero-order chi connectivity index (χ0) is 20.3. The molecule has 0 radical (unpaired) electrons. The summed E-state index contributed by atoms with van der Waals surface area (Å²) in [6.45, 7) is 0.958. The number of aryl methyl sites for hydroxylation is 1. The zero-order valence-corrected chi connectivity index (χ0v) is 17.3. The lowest BCUT2D eigenvalue weighted by molar-refractivity contribution is 0.503. The van der Waals surface area contributed by atoms with Crippen LogP contribution in [0, 0.1) is 0 Å². The molecule has 1 aromatic heterocycles. The van der Waals surface area contributed by atoms with E-state index in [2.05, 4.69) is 10.6 Å². The van der Waals surface area contributed by atoms with Gasteiger partial charge < -0.3 is 15.1 Å². The van der Waals surface area contributed by atoms with E-state index in [0.29, 0.717) is 23.9 Å². The maximum atomic E-state index is 13.2. The predicted octanol–water partition coefficient (Wildman–Crippen LogP) is 3.91. The van der Waals surface area contributed by atoms with Gasteiger partial charge in [-0.2, -0.15) is 0 Å². The highest BCUT2D eigenvalue weighted by Crippen LogP contribution is 2.32. The first-order chi connectivity index (χ1) is 14.0. The Bertz CT molecular complexity index is 1090. The Kier molecular flexibility index (Phi) is 5.55. The van der Waals surface area contributed by atoms with Crippen molar-refractivity contribution in [2.75, 3.05) is 16.2 Å². The molecule has 1 aliphatic heterocycles. The molecule has 0 fully saturated rings. The van der Waals surface area contributed by atoms with Gasteiger partial charge in [0.2, 0.25) is 0 Å². The third-order valence-corrected chi connectivity index (χ3v) is 6.84. The molecule has 2 heterocycles. The number of nitrogens with one attached hydrogen (secondary N) is 2. The number of furan rings is 1. The van der Waals surface area contributed by atoms with E-state index < -0.39 is 10.0 Å². The molecule has 8 heteroatoms. The number of para-hydroxylation sites is 1. The van der Waals surface area contributed by atoms with Gasteiger partial charge in [-0.15, -0.1) is 0 Å². The van der Waals surface area contributed by atoms with Crippen LogP contribution in [-0.4, -0.2) is 20.1 Å². The minimum atomic E-state index is -3.62. The molecule has 0 atom stereocenters.